The smallest absolute Gasteiger partial charge is 0.379 e. The van der Waals surface area contributed by atoms with Gasteiger partial charge in [0.25, 0.3) is 0 Å². The minimum absolute atomic E-state index is 0.0263. The molecule has 1 aliphatic heterocycles. The van der Waals surface area contributed by atoms with Crippen LogP contribution in [0.1, 0.15) is 38.7 Å². The standard InChI is InChI=1S/C18H23F4NO2/c1-16(2,13-3-5-14(19)6-4-13)11-17(25,18(20,21)22)12-23-9-7-15(24)8-10-23/h3-6,25H,7-12H2,1-2H3. The predicted molar refractivity (Wildman–Crippen MR) is 85.7 cm³/mol. The van der Waals surface area contributed by atoms with E-state index in [1.165, 1.54) is 29.2 Å². The molecule has 0 aliphatic carbocycles. The number of carbonyl (C=O) groups excluding carboxylic acids is 1. The van der Waals surface area contributed by atoms with Crippen LogP contribution in [0.5, 0.6) is 0 Å². The summed E-state index contributed by atoms with van der Waals surface area (Å²) in [7, 11) is 0. The Morgan fingerprint density at radius 2 is 1.60 bits per heavy atom. The second-order valence-electron chi connectivity index (χ2n) is 7.41. The lowest BCUT2D eigenvalue weighted by molar-refractivity contribution is -0.271. The molecule has 0 bridgehead atoms. The van der Waals surface area contributed by atoms with Gasteiger partial charge in [0, 0.05) is 32.5 Å². The van der Waals surface area contributed by atoms with Gasteiger partial charge in [-0.25, -0.2) is 4.39 Å². The van der Waals surface area contributed by atoms with Gasteiger partial charge in [-0.3, -0.25) is 9.69 Å². The van der Waals surface area contributed by atoms with E-state index in [9.17, 15) is 27.5 Å². The third-order valence-corrected chi connectivity index (χ3v) is 4.79. The quantitative estimate of drug-likeness (QED) is 0.817. The van der Waals surface area contributed by atoms with Crippen molar-refractivity contribution < 1.29 is 27.5 Å². The number of aliphatic hydroxyl groups is 1. The molecule has 0 amide bonds. The molecular formula is C18H23F4NO2. The summed E-state index contributed by atoms with van der Waals surface area (Å²) in [5, 5.41) is 10.5. The molecule has 1 fully saturated rings. The molecular weight excluding hydrogens is 338 g/mol. The number of ketones is 1. The Morgan fingerprint density at radius 1 is 1.08 bits per heavy atom. The first-order valence-corrected chi connectivity index (χ1v) is 8.22. The molecule has 1 aliphatic rings. The maximum Gasteiger partial charge on any atom is 0.418 e. The molecule has 0 aromatic heterocycles. The molecule has 1 aromatic carbocycles. The van der Waals surface area contributed by atoms with Gasteiger partial charge in [-0.05, 0) is 29.5 Å². The van der Waals surface area contributed by atoms with Crippen LogP contribution in [-0.2, 0) is 10.2 Å². The molecule has 2 rings (SSSR count). The monoisotopic (exact) mass is 361 g/mol. The first kappa shape index (κ1) is 19.8. The number of alkyl halides is 3. The predicted octanol–water partition coefficient (Wildman–Crippen LogP) is 3.45. The van der Waals surface area contributed by atoms with Gasteiger partial charge in [-0.15, -0.1) is 0 Å². The second kappa shape index (κ2) is 7.03. The zero-order valence-electron chi connectivity index (χ0n) is 14.4. The van der Waals surface area contributed by atoms with Crippen LogP contribution < -0.4 is 0 Å². The summed E-state index contributed by atoms with van der Waals surface area (Å²) in [5.74, 6) is -0.443. The highest BCUT2D eigenvalue weighted by atomic mass is 19.4. The van der Waals surface area contributed by atoms with Crippen molar-refractivity contribution in [2.24, 2.45) is 0 Å². The summed E-state index contributed by atoms with van der Waals surface area (Å²) in [6, 6.07) is 5.26. The Bertz CT molecular complexity index is 602. The van der Waals surface area contributed by atoms with E-state index in [1.807, 2.05) is 0 Å². The number of rotatable bonds is 5. The van der Waals surface area contributed by atoms with Crippen LogP contribution in [0.4, 0.5) is 17.6 Å². The molecule has 0 radical (unpaired) electrons. The molecule has 1 N–H and O–H groups in total. The number of hydrogen-bond donors (Lipinski definition) is 1. The topological polar surface area (TPSA) is 40.5 Å². The van der Waals surface area contributed by atoms with Crippen molar-refractivity contribution in [2.75, 3.05) is 19.6 Å². The maximum atomic E-state index is 13.6. The molecule has 1 unspecified atom stereocenters. The van der Waals surface area contributed by atoms with Crippen LogP contribution in [0.25, 0.3) is 0 Å². The van der Waals surface area contributed by atoms with Gasteiger partial charge in [0.2, 0.25) is 0 Å². The average molecular weight is 361 g/mol. The van der Waals surface area contributed by atoms with E-state index in [-0.39, 0.29) is 31.7 Å². The number of Topliss-reactive ketones (excluding diaryl/α,β-unsaturated/α-hetero) is 1. The lowest BCUT2D eigenvalue weighted by Crippen LogP contribution is -2.57. The van der Waals surface area contributed by atoms with Crippen molar-refractivity contribution in [2.45, 2.75) is 50.3 Å². The number of carbonyl (C=O) groups is 1. The third kappa shape index (κ3) is 4.79. The molecule has 3 nitrogen and oxygen atoms in total. The highest BCUT2D eigenvalue weighted by Gasteiger charge is 2.56. The summed E-state index contributed by atoms with van der Waals surface area (Å²) in [6.45, 7) is 3.05. The maximum absolute atomic E-state index is 13.6. The Kier molecular flexibility index (Phi) is 5.59. The number of piperidine rings is 1. The molecule has 1 atom stereocenters. The van der Waals surface area contributed by atoms with Gasteiger partial charge in [0.15, 0.2) is 5.60 Å². The molecule has 25 heavy (non-hydrogen) atoms. The molecule has 7 heteroatoms. The zero-order chi connectivity index (χ0) is 18.9. The van der Waals surface area contributed by atoms with Crippen molar-refractivity contribution in [1.29, 1.82) is 0 Å². The van der Waals surface area contributed by atoms with Crippen molar-refractivity contribution in [3.05, 3.63) is 35.6 Å². The summed E-state index contributed by atoms with van der Waals surface area (Å²) in [6.07, 6.45) is -4.96. The van der Waals surface area contributed by atoms with Crippen LogP contribution in [0.3, 0.4) is 0 Å². The first-order valence-electron chi connectivity index (χ1n) is 8.22. The number of β-amino-alcohol motifs (C(OH)–C–C–N with tert-alkyl or cyclic N) is 1. The van der Waals surface area contributed by atoms with Crippen LogP contribution in [0.2, 0.25) is 0 Å². The average Bonchev–Trinajstić information content (AvgIpc) is 2.48. The van der Waals surface area contributed by atoms with Gasteiger partial charge in [0.05, 0.1) is 0 Å². The first-order chi connectivity index (χ1) is 11.4. The van der Waals surface area contributed by atoms with E-state index < -0.39 is 36.0 Å². The van der Waals surface area contributed by atoms with E-state index in [0.717, 1.165) is 0 Å². The Labute approximate surface area is 144 Å². The Morgan fingerprint density at radius 3 is 2.08 bits per heavy atom. The van der Waals surface area contributed by atoms with Crippen LogP contribution in [0, 0.1) is 5.82 Å². The van der Waals surface area contributed by atoms with E-state index in [2.05, 4.69) is 0 Å². The molecule has 0 spiro atoms. The van der Waals surface area contributed by atoms with Crippen molar-refractivity contribution in [3.63, 3.8) is 0 Å². The van der Waals surface area contributed by atoms with Crippen LogP contribution in [0.15, 0.2) is 24.3 Å². The van der Waals surface area contributed by atoms with Gasteiger partial charge in [-0.1, -0.05) is 26.0 Å². The normalized spacial score (nSPS) is 19.7. The Hall–Kier alpha value is -1.47. The van der Waals surface area contributed by atoms with Crippen molar-refractivity contribution in [3.8, 4) is 0 Å². The lowest BCUT2D eigenvalue weighted by Gasteiger charge is -2.41. The summed E-state index contributed by atoms with van der Waals surface area (Å²) in [4.78, 5) is 12.8. The third-order valence-electron chi connectivity index (χ3n) is 4.79. The molecule has 1 heterocycles. The van der Waals surface area contributed by atoms with Crippen molar-refractivity contribution >= 4 is 5.78 Å². The number of benzene rings is 1. The molecule has 0 saturated carbocycles. The van der Waals surface area contributed by atoms with E-state index >= 15 is 0 Å². The highest BCUT2D eigenvalue weighted by molar-refractivity contribution is 5.79. The SMILES string of the molecule is CC(C)(CC(O)(CN1CCC(=O)CC1)C(F)(F)F)c1ccc(F)cc1. The van der Waals surface area contributed by atoms with Gasteiger partial charge in [0.1, 0.15) is 11.6 Å². The summed E-state index contributed by atoms with van der Waals surface area (Å²) < 4.78 is 54.0. The fourth-order valence-corrected chi connectivity index (χ4v) is 3.31. The Balaban J connectivity index is 2.21. The largest absolute Gasteiger partial charge is 0.418 e. The van der Waals surface area contributed by atoms with Gasteiger partial charge < -0.3 is 5.11 Å². The minimum atomic E-state index is -4.81. The van der Waals surface area contributed by atoms with Crippen molar-refractivity contribution in [1.82, 2.24) is 4.90 Å². The molecule has 140 valence electrons. The number of nitrogens with zero attached hydrogens (tertiary/aromatic N) is 1. The van der Waals surface area contributed by atoms with Gasteiger partial charge in [-0.2, -0.15) is 13.2 Å². The molecule has 1 saturated heterocycles. The van der Waals surface area contributed by atoms with Crippen LogP contribution >= 0.6 is 0 Å². The van der Waals surface area contributed by atoms with Crippen LogP contribution in [-0.4, -0.2) is 47.2 Å². The molecule has 1 aromatic rings. The highest BCUT2D eigenvalue weighted by Crippen LogP contribution is 2.41. The number of hydrogen-bond acceptors (Lipinski definition) is 3. The zero-order valence-corrected chi connectivity index (χ0v) is 14.4. The fraction of sp³-hybridized carbons (Fsp3) is 0.611. The minimum Gasteiger partial charge on any atom is -0.379 e. The fourth-order valence-electron chi connectivity index (χ4n) is 3.31. The summed E-state index contributed by atoms with van der Waals surface area (Å²) in [5.41, 5.74) is -3.40. The van der Waals surface area contributed by atoms with E-state index in [0.29, 0.717) is 5.56 Å². The van der Waals surface area contributed by atoms with E-state index in [4.69, 9.17) is 0 Å². The number of halogens is 4. The lowest BCUT2D eigenvalue weighted by atomic mass is 9.74. The summed E-state index contributed by atoms with van der Waals surface area (Å²) >= 11 is 0. The second-order valence-corrected chi connectivity index (χ2v) is 7.41. The number of likely N-dealkylation sites (tertiary alicyclic amines) is 1. The van der Waals surface area contributed by atoms with E-state index in [1.54, 1.807) is 13.8 Å². The van der Waals surface area contributed by atoms with Gasteiger partial charge >= 0.3 is 6.18 Å².